The summed E-state index contributed by atoms with van der Waals surface area (Å²) < 4.78 is 5.73. The number of aliphatic carboxylic acids is 1. The van der Waals surface area contributed by atoms with Crippen molar-refractivity contribution in [3.8, 4) is 5.75 Å². The molecule has 0 bridgehead atoms. The van der Waals surface area contributed by atoms with Gasteiger partial charge in [0.2, 0.25) is 0 Å². The van der Waals surface area contributed by atoms with Crippen LogP contribution in [0.5, 0.6) is 5.75 Å². The molecule has 6 heteroatoms. The summed E-state index contributed by atoms with van der Waals surface area (Å²) in [6, 6.07) is 7.07. The van der Waals surface area contributed by atoms with E-state index in [4.69, 9.17) is 9.84 Å². The minimum absolute atomic E-state index is 0.0731. The summed E-state index contributed by atoms with van der Waals surface area (Å²) in [5, 5.41) is 12.0. The summed E-state index contributed by atoms with van der Waals surface area (Å²) in [5.74, 6) is -0.459. The molecule has 0 radical (unpaired) electrons. The molecule has 0 spiro atoms. The van der Waals surface area contributed by atoms with Crippen LogP contribution in [0.4, 0.5) is 5.69 Å². The number of rotatable bonds is 5. The molecule has 0 aliphatic carbocycles. The number of anilines is 1. The Bertz CT molecular complexity index is 532. The Balaban J connectivity index is 2.07. The third-order valence-electron chi connectivity index (χ3n) is 3.54. The molecule has 0 saturated carbocycles. The highest BCUT2D eigenvalue weighted by atomic mass is 16.5. The van der Waals surface area contributed by atoms with Crippen molar-refractivity contribution in [3.63, 3.8) is 0 Å². The lowest BCUT2D eigenvalue weighted by Crippen LogP contribution is -2.50. The van der Waals surface area contributed by atoms with Crippen LogP contribution in [-0.4, -0.2) is 47.1 Å². The van der Waals surface area contributed by atoms with E-state index in [2.05, 4.69) is 5.32 Å². The monoisotopic (exact) mass is 292 g/mol. The lowest BCUT2D eigenvalue weighted by molar-refractivity contribution is -0.143. The second kappa shape index (κ2) is 6.47. The number of nitrogens with one attached hydrogen (secondary N) is 1. The lowest BCUT2D eigenvalue weighted by atomic mass is 10.1. The van der Waals surface area contributed by atoms with Crippen molar-refractivity contribution in [1.29, 1.82) is 0 Å². The van der Waals surface area contributed by atoms with Gasteiger partial charge in [-0.05, 0) is 26.0 Å². The minimum atomic E-state index is -0.915. The number of likely N-dealkylation sites (N-methyl/N-ethyl adjacent to an activating group) is 1. The predicted molar refractivity (Wildman–Crippen MR) is 78.4 cm³/mol. The normalized spacial score (nSPS) is 17.9. The van der Waals surface area contributed by atoms with Gasteiger partial charge in [0.25, 0.3) is 5.91 Å². The highest BCUT2D eigenvalue weighted by molar-refractivity contribution is 5.84. The van der Waals surface area contributed by atoms with E-state index >= 15 is 0 Å². The molecule has 2 atom stereocenters. The number of benzene rings is 1. The first-order valence-electron chi connectivity index (χ1n) is 7.04. The Kier molecular flexibility index (Phi) is 4.67. The number of hydrogen-bond donors (Lipinski definition) is 2. The molecule has 21 heavy (non-hydrogen) atoms. The molecular weight excluding hydrogens is 272 g/mol. The van der Waals surface area contributed by atoms with Gasteiger partial charge < -0.3 is 20.1 Å². The van der Waals surface area contributed by atoms with E-state index in [1.807, 2.05) is 25.1 Å². The molecular formula is C15H20N2O4. The molecule has 1 amide bonds. The lowest BCUT2D eigenvalue weighted by Gasteiger charge is -2.33. The van der Waals surface area contributed by atoms with Crippen LogP contribution < -0.4 is 10.1 Å². The van der Waals surface area contributed by atoms with Crippen LogP contribution in [-0.2, 0) is 9.59 Å². The van der Waals surface area contributed by atoms with E-state index in [0.717, 1.165) is 5.69 Å². The average molecular weight is 292 g/mol. The average Bonchev–Trinajstić information content (AvgIpc) is 2.46. The van der Waals surface area contributed by atoms with Crippen LogP contribution in [0.1, 0.15) is 20.3 Å². The van der Waals surface area contributed by atoms with Gasteiger partial charge in [0.15, 0.2) is 6.10 Å². The van der Waals surface area contributed by atoms with Crippen molar-refractivity contribution in [1.82, 2.24) is 4.90 Å². The van der Waals surface area contributed by atoms with Crippen LogP contribution in [0.25, 0.3) is 0 Å². The minimum Gasteiger partial charge on any atom is -0.481 e. The van der Waals surface area contributed by atoms with Gasteiger partial charge in [-0.3, -0.25) is 9.59 Å². The molecule has 2 N–H and O–H groups in total. The van der Waals surface area contributed by atoms with Crippen molar-refractivity contribution in [2.24, 2.45) is 0 Å². The van der Waals surface area contributed by atoms with E-state index in [-0.39, 0.29) is 18.4 Å². The second-order valence-corrected chi connectivity index (χ2v) is 5.05. The Morgan fingerprint density at radius 1 is 1.48 bits per heavy atom. The van der Waals surface area contributed by atoms with Crippen LogP contribution in [0.15, 0.2) is 24.3 Å². The summed E-state index contributed by atoms with van der Waals surface area (Å²) in [6.45, 7) is 4.40. The summed E-state index contributed by atoms with van der Waals surface area (Å²) in [7, 11) is 0. The Morgan fingerprint density at radius 2 is 2.19 bits per heavy atom. The topological polar surface area (TPSA) is 78.9 Å². The fraction of sp³-hybridized carbons (Fsp3) is 0.467. The molecule has 6 nitrogen and oxygen atoms in total. The van der Waals surface area contributed by atoms with Gasteiger partial charge in [0, 0.05) is 12.6 Å². The summed E-state index contributed by atoms with van der Waals surface area (Å²) in [6.07, 6.45) is -0.702. The molecule has 1 aliphatic heterocycles. The zero-order valence-corrected chi connectivity index (χ0v) is 12.2. The van der Waals surface area contributed by atoms with Gasteiger partial charge >= 0.3 is 5.97 Å². The standard InChI is InChI=1S/C15H20N2O4/c1-3-17(10(2)8-14(18)19)15(20)13-9-16-11-6-4-5-7-12(11)21-13/h4-7,10,13,16H,3,8-9H2,1-2H3,(H,18,19). The largest absolute Gasteiger partial charge is 0.481 e. The number of para-hydroxylation sites is 2. The number of nitrogens with zero attached hydrogens (tertiary/aromatic N) is 1. The Morgan fingerprint density at radius 3 is 2.86 bits per heavy atom. The maximum absolute atomic E-state index is 12.5. The third-order valence-corrected chi connectivity index (χ3v) is 3.54. The van der Waals surface area contributed by atoms with Crippen LogP contribution in [0, 0.1) is 0 Å². The quantitative estimate of drug-likeness (QED) is 0.861. The van der Waals surface area contributed by atoms with E-state index in [1.54, 1.807) is 17.9 Å². The van der Waals surface area contributed by atoms with E-state index in [9.17, 15) is 9.59 Å². The SMILES string of the molecule is CCN(C(=O)C1CNc2ccccc2O1)C(C)CC(=O)O. The van der Waals surface area contributed by atoms with Gasteiger partial charge in [0.1, 0.15) is 5.75 Å². The number of carboxylic acid groups (broad SMARTS) is 1. The third kappa shape index (κ3) is 3.45. The fourth-order valence-electron chi connectivity index (χ4n) is 2.48. The van der Waals surface area contributed by atoms with Crippen LogP contribution in [0.2, 0.25) is 0 Å². The second-order valence-electron chi connectivity index (χ2n) is 5.05. The van der Waals surface area contributed by atoms with Gasteiger partial charge in [0.05, 0.1) is 18.7 Å². The number of carboxylic acids is 1. The molecule has 1 aromatic carbocycles. The number of carbonyl (C=O) groups excluding carboxylic acids is 1. The molecule has 1 heterocycles. The van der Waals surface area contributed by atoms with E-state index < -0.39 is 12.1 Å². The van der Waals surface area contributed by atoms with Crippen molar-refractivity contribution in [3.05, 3.63) is 24.3 Å². The molecule has 2 unspecified atom stereocenters. The van der Waals surface area contributed by atoms with Crippen molar-refractivity contribution in [2.75, 3.05) is 18.4 Å². The van der Waals surface area contributed by atoms with Gasteiger partial charge in [-0.15, -0.1) is 0 Å². The number of amides is 1. The smallest absolute Gasteiger partial charge is 0.305 e. The molecule has 1 aliphatic rings. The summed E-state index contributed by atoms with van der Waals surface area (Å²) in [4.78, 5) is 24.9. The maximum Gasteiger partial charge on any atom is 0.305 e. The molecule has 2 rings (SSSR count). The number of ether oxygens (including phenoxy) is 1. The molecule has 114 valence electrons. The van der Waals surface area contributed by atoms with Crippen molar-refractivity contribution in [2.45, 2.75) is 32.4 Å². The van der Waals surface area contributed by atoms with Gasteiger partial charge in [-0.1, -0.05) is 12.1 Å². The summed E-state index contributed by atoms with van der Waals surface area (Å²) >= 11 is 0. The summed E-state index contributed by atoms with van der Waals surface area (Å²) in [5.41, 5.74) is 0.864. The maximum atomic E-state index is 12.5. The van der Waals surface area contributed by atoms with Crippen LogP contribution in [0.3, 0.4) is 0 Å². The highest BCUT2D eigenvalue weighted by Gasteiger charge is 2.31. The molecule has 1 aromatic rings. The zero-order valence-electron chi connectivity index (χ0n) is 12.2. The molecule has 0 fully saturated rings. The predicted octanol–water partition coefficient (Wildman–Crippen LogP) is 1.57. The molecule has 0 saturated heterocycles. The Hall–Kier alpha value is -2.24. The van der Waals surface area contributed by atoms with E-state index in [1.165, 1.54) is 0 Å². The first-order valence-corrected chi connectivity index (χ1v) is 7.04. The number of hydrogen-bond acceptors (Lipinski definition) is 4. The first kappa shape index (κ1) is 15.2. The molecule has 0 aromatic heterocycles. The number of fused-ring (bicyclic) bond motifs is 1. The number of carbonyl (C=O) groups is 2. The van der Waals surface area contributed by atoms with Crippen molar-refractivity contribution < 1.29 is 19.4 Å². The zero-order chi connectivity index (χ0) is 15.4. The Labute approximate surface area is 123 Å². The fourth-order valence-corrected chi connectivity index (χ4v) is 2.48. The van der Waals surface area contributed by atoms with Crippen molar-refractivity contribution >= 4 is 17.6 Å². The van der Waals surface area contributed by atoms with Gasteiger partial charge in [-0.2, -0.15) is 0 Å². The first-order chi connectivity index (χ1) is 10.0. The van der Waals surface area contributed by atoms with Gasteiger partial charge in [-0.25, -0.2) is 0 Å². The van der Waals surface area contributed by atoms with Crippen LogP contribution >= 0.6 is 0 Å². The van der Waals surface area contributed by atoms with E-state index in [0.29, 0.717) is 18.8 Å². The highest BCUT2D eigenvalue weighted by Crippen LogP contribution is 2.28.